The van der Waals surface area contributed by atoms with E-state index >= 15 is 0 Å². The molecule has 0 spiro atoms. The van der Waals surface area contributed by atoms with Gasteiger partial charge in [0.25, 0.3) is 0 Å². The largest absolute Gasteiger partial charge is 0.470 e. The van der Waals surface area contributed by atoms with Crippen molar-refractivity contribution in [2.75, 3.05) is 6.61 Å². The van der Waals surface area contributed by atoms with Gasteiger partial charge >= 0.3 is 11.7 Å². The molecule has 1 rings (SSSR count). The van der Waals surface area contributed by atoms with E-state index in [0.717, 1.165) is 12.1 Å². The second-order valence-corrected chi connectivity index (χ2v) is 3.36. The molecule has 0 saturated carbocycles. The summed E-state index contributed by atoms with van der Waals surface area (Å²) in [5.41, 5.74) is -0.536. The van der Waals surface area contributed by atoms with Gasteiger partial charge in [-0.3, -0.25) is 10.1 Å². The number of nitro groups is 1. The molecule has 0 radical (unpaired) electrons. The summed E-state index contributed by atoms with van der Waals surface area (Å²) in [5.74, 6) is -2.18. The number of hydrogen-bond acceptors (Lipinski definition) is 5. The maximum atomic E-state index is 13.4. The van der Waals surface area contributed by atoms with Gasteiger partial charge in [-0.05, 0) is 19.9 Å². The quantitative estimate of drug-likeness (QED) is 0.458. The molecule has 0 aliphatic heterocycles. The predicted molar refractivity (Wildman–Crippen MR) is 59.8 cm³/mol. The SMILES string of the molecule is CCOC(=O)[C@@H](C)Oc1c(F)cccc1[N+](=O)[O-]. The highest BCUT2D eigenvalue weighted by atomic mass is 19.1. The summed E-state index contributed by atoms with van der Waals surface area (Å²) in [4.78, 5) is 21.2. The van der Waals surface area contributed by atoms with Crippen LogP contribution in [-0.2, 0) is 9.53 Å². The molecule has 18 heavy (non-hydrogen) atoms. The Morgan fingerprint density at radius 2 is 2.22 bits per heavy atom. The van der Waals surface area contributed by atoms with Crippen molar-refractivity contribution in [3.05, 3.63) is 34.1 Å². The van der Waals surface area contributed by atoms with Crippen LogP contribution in [0.4, 0.5) is 10.1 Å². The molecule has 0 heterocycles. The molecule has 1 atom stereocenters. The van der Waals surface area contributed by atoms with E-state index in [0.29, 0.717) is 0 Å². The number of halogens is 1. The van der Waals surface area contributed by atoms with Crippen LogP contribution in [0, 0.1) is 15.9 Å². The first-order valence-electron chi connectivity index (χ1n) is 5.23. The highest BCUT2D eigenvalue weighted by Gasteiger charge is 2.24. The lowest BCUT2D eigenvalue weighted by Crippen LogP contribution is -2.26. The van der Waals surface area contributed by atoms with Gasteiger partial charge in [0, 0.05) is 6.07 Å². The van der Waals surface area contributed by atoms with E-state index in [9.17, 15) is 19.3 Å². The number of nitro benzene ring substituents is 1. The van der Waals surface area contributed by atoms with Gasteiger partial charge < -0.3 is 9.47 Å². The highest BCUT2D eigenvalue weighted by Crippen LogP contribution is 2.30. The number of esters is 1. The summed E-state index contributed by atoms with van der Waals surface area (Å²) in [7, 11) is 0. The summed E-state index contributed by atoms with van der Waals surface area (Å²) >= 11 is 0. The van der Waals surface area contributed by atoms with Gasteiger partial charge in [-0.25, -0.2) is 9.18 Å². The van der Waals surface area contributed by atoms with Crippen molar-refractivity contribution in [3.63, 3.8) is 0 Å². The lowest BCUT2D eigenvalue weighted by atomic mass is 10.3. The van der Waals surface area contributed by atoms with Gasteiger partial charge in [-0.15, -0.1) is 0 Å². The van der Waals surface area contributed by atoms with Crippen LogP contribution in [0.15, 0.2) is 18.2 Å². The minimum atomic E-state index is -1.12. The van der Waals surface area contributed by atoms with Crippen LogP contribution in [0.5, 0.6) is 5.75 Å². The highest BCUT2D eigenvalue weighted by molar-refractivity contribution is 5.74. The van der Waals surface area contributed by atoms with E-state index in [1.54, 1.807) is 6.92 Å². The smallest absolute Gasteiger partial charge is 0.347 e. The maximum Gasteiger partial charge on any atom is 0.347 e. The Labute approximate surface area is 102 Å². The summed E-state index contributed by atoms with van der Waals surface area (Å²) in [6.45, 7) is 3.08. The molecule has 0 N–H and O–H groups in total. The molecule has 6 nitrogen and oxygen atoms in total. The fraction of sp³-hybridized carbons (Fsp3) is 0.364. The molecule has 0 aliphatic rings. The van der Waals surface area contributed by atoms with E-state index in [-0.39, 0.29) is 6.61 Å². The average molecular weight is 257 g/mol. The van der Waals surface area contributed by atoms with Gasteiger partial charge in [-0.2, -0.15) is 0 Å². The van der Waals surface area contributed by atoms with Gasteiger partial charge in [0.15, 0.2) is 11.9 Å². The standard InChI is InChI=1S/C11H12FNO5/c1-3-17-11(14)7(2)18-10-8(12)5-4-6-9(10)13(15)16/h4-7H,3H2,1-2H3/t7-/m1/s1. The molecule has 0 bridgehead atoms. The molecular formula is C11H12FNO5. The predicted octanol–water partition coefficient (Wildman–Crippen LogP) is 2.06. The molecule has 0 aliphatic carbocycles. The minimum absolute atomic E-state index is 0.145. The third-order valence-corrected chi connectivity index (χ3v) is 2.06. The number of ether oxygens (including phenoxy) is 2. The summed E-state index contributed by atoms with van der Waals surface area (Å²) < 4.78 is 23.1. The Hall–Kier alpha value is -2.18. The Morgan fingerprint density at radius 3 is 2.78 bits per heavy atom. The molecule has 0 fully saturated rings. The molecular weight excluding hydrogens is 245 g/mol. The molecule has 1 aromatic carbocycles. The molecule has 1 aromatic rings. The van der Waals surface area contributed by atoms with Crippen molar-refractivity contribution in [2.45, 2.75) is 20.0 Å². The fourth-order valence-corrected chi connectivity index (χ4v) is 1.24. The fourth-order valence-electron chi connectivity index (χ4n) is 1.24. The van der Waals surface area contributed by atoms with E-state index < -0.39 is 34.3 Å². The van der Waals surface area contributed by atoms with Crippen LogP contribution >= 0.6 is 0 Å². The topological polar surface area (TPSA) is 78.7 Å². The first-order chi connectivity index (χ1) is 8.47. The molecule has 0 aromatic heterocycles. The van der Waals surface area contributed by atoms with E-state index in [1.807, 2.05) is 0 Å². The number of rotatable bonds is 5. The number of benzene rings is 1. The van der Waals surface area contributed by atoms with Crippen LogP contribution < -0.4 is 4.74 Å². The summed E-state index contributed by atoms with van der Waals surface area (Å²) in [6, 6.07) is 3.30. The zero-order valence-electron chi connectivity index (χ0n) is 9.88. The lowest BCUT2D eigenvalue weighted by Gasteiger charge is -2.13. The first kappa shape index (κ1) is 13.9. The molecule has 0 saturated heterocycles. The second kappa shape index (κ2) is 5.95. The molecule has 7 heteroatoms. The Bertz CT molecular complexity index is 463. The zero-order chi connectivity index (χ0) is 13.7. The molecule has 0 unspecified atom stereocenters. The van der Waals surface area contributed by atoms with Crippen molar-refractivity contribution in [2.24, 2.45) is 0 Å². The summed E-state index contributed by atoms with van der Waals surface area (Å²) in [6.07, 6.45) is -1.12. The molecule has 98 valence electrons. The molecule has 0 amide bonds. The Morgan fingerprint density at radius 1 is 1.56 bits per heavy atom. The van der Waals surface area contributed by atoms with Crippen molar-refractivity contribution in [1.29, 1.82) is 0 Å². The Balaban J connectivity index is 2.96. The van der Waals surface area contributed by atoms with Gasteiger partial charge in [0.05, 0.1) is 11.5 Å². The van der Waals surface area contributed by atoms with E-state index in [1.165, 1.54) is 13.0 Å². The number of nitrogens with zero attached hydrogens (tertiary/aromatic N) is 1. The number of carbonyl (C=O) groups excluding carboxylic acids is 1. The average Bonchev–Trinajstić information content (AvgIpc) is 2.31. The van der Waals surface area contributed by atoms with Crippen molar-refractivity contribution in [3.8, 4) is 5.75 Å². The third-order valence-electron chi connectivity index (χ3n) is 2.06. The number of carbonyl (C=O) groups is 1. The van der Waals surface area contributed by atoms with Crippen LogP contribution in [-0.4, -0.2) is 23.6 Å². The van der Waals surface area contributed by atoms with Crippen molar-refractivity contribution >= 4 is 11.7 Å². The van der Waals surface area contributed by atoms with Gasteiger partial charge in [0.1, 0.15) is 0 Å². The van der Waals surface area contributed by atoms with E-state index in [2.05, 4.69) is 4.74 Å². The van der Waals surface area contributed by atoms with Gasteiger partial charge in [0.2, 0.25) is 5.75 Å². The van der Waals surface area contributed by atoms with Crippen LogP contribution in [0.1, 0.15) is 13.8 Å². The monoisotopic (exact) mass is 257 g/mol. The van der Waals surface area contributed by atoms with Crippen LogP contribution in [0.2, 0.25) is 0 Å². The minimum Gasteiger partial charge on any atom is -0.470 e. The van der Waals surface area contributed by atoms with E-state index in [4.69, 9.17) is 4.74 Å². The van der Waals surface area contributed by atoms with Crippen LogP contribution in [0.25, 0.3) is 0 Å². The van der Waals surface area contributed by atoms with Gasteiger partial charge in [-0.1, -0.05) is 6.07 Å². The maximum absolute atomic E-state index is 13.4. The summed E-state index contributed by atoms with van der Waals surface area (Å²) in [5, 5.41) is 10.7. The Kier molecular flexibility index (Phi) is 4.59. The lowest BCUT2D eigenvalue weighted by molar-refractivity contribution is -0.386. The first-order valence-corrected chi connectivity index (χ1v) is 5.23. The third kappa shape index (κ3) is 3.16. The van der Waals surface area contributed by atoms with Crippen LogP contribution in [0.3, 0.4) is 0 Å². The number of para-hydroxylation sites is 1. The van der Waals surface area contributed by atoms with Crippen molar-refractivity contribution in [1.82, 2.24) is 0 Å². The number of hydrogen-bond donors (Lipinski definition) is 0. The zero-order valence-corrected chi connectivity index (χ0v) is 9.88. The van der Waals surface area contributed by atoms with Crippen molar-refractivity contribution < 1.29 is 23.6 Å². The normalized spacial score (nSPS) is 11.7. The second-order valence-electron chi connectivity index (χ2n) is 3.36.